The number of hydrogen-bond acceptors (Lipinski definition) is 3. The van der Waals surface area contributed by atoms with Crippen LogP contribution < -0.4 is 5.32 Å². The summed E-state index contributed by atoms with van der Waals surface area (Å²) in [7, 11) is 0. The van der Waals surface area contributed by atoms with Gasteiger partial charge < -0.3 is 10.4 Å². The molecule has 1 aliphatic carbocycles. The Kier molecular flexibility index (Phi) is 3.78. The van der Waals surface area contributed by atoms with Crippen molar-refractivity contribution in [1.29, 1.82) is 0 Å². The van der Waals surface area contributed by atoms with E-state index in [0.717, 1.165) is 11.5 Å². The SMILES string of the molecule is CC(CC1CC1)NCC(O)c1ccsc1. The summed E-state index contributed by atoms with van der Waals surface area (Å²) in [5, 5.41) is 17.3. The maximum atomic E-state index is 9.85. The lowest BCUT2D eigenvalue weighted by atomic mass is 10.1. The summed E-state index contributed by atoms with van der Waals surface area (Å²) in [6.45, 7) is 2.88. The Balaban J connectivity index is 1.67. The molecule has 15 heavy (non-hydrogen) atoms. The van der Waals surface area contributed by atoms with Gasteiger partial charge in [-0.25, -0.2) is 0 Å². The van der Waals surface area contributed by atoms with E-state index in [-0.39, 0.29) is 6.10 Å². The van der Waals surface area contributed by atoms with Gasteiger partial charge in [0, 0.05) is 12.6 Å². The van der Waals surface area contributed by atoms with Crippen molar-refractivity contribution < 1.29 is 5.11 Å². The summed E-state index contributed by atoms with van der Waals surface area (Å²) < 4.78 is 0. The Morgan fingerprint density at radius 3 is 3.00 bits per heavy atom. The summed E-state index contributed by atoms with van der Waals surface area (Å²) in [5.74, 6) is 0.950. The lowest BCUT2D eigenvalue weighted by Gasteiger charge is -2.16. The fourth-order valence-corrected chi connectivity index (χ4v) is 2.54. The van der Waals surface area contributed by atoms with E-state index in [1.54, 1.807) is 11.3 Å². The van der Waals surface area contributed by atoms with Gasteiger partial charge in [0.2, 0.25) is 0 Å². The lowest BCUT2D eigenvalue weighted by Crippen LogP contribution is -2.30. The monoisotopic (exact) mass is 225 g/mol. The van der Waals surface area contributed by atoms with Crippen molar-refractivity contribution in [3.63, 3.8) is 0 Å². The Morgan fingerprint density at radius 2 is 2.40 bits per heavy atom. The molecule has 0 aliphatic heterocycles. The van der Waals surface area contributed by atoms with Crippen molar-refractivity contribution >= 4 is 11.3 Å². The first-order valence-electron chi connectivity index (χ1n) is 5.69. The van der Waals surface area contributed by atoms with Gasteiger partial charge in [-0.05, 0) is 41.7 Å². The molecular formula is C12H19NOS. The van der Waals surface area contributed by atoms with Gasteiger partial charge in [-0.3, -0.25) is 0 Å². The normalized spacial score (nSPS) is 20.1. The zero-order valence-corrected chi connectivity index (χ0v) is 9.96. The Morgan fingerprint density at radius 1 is 1.60 bits per heavy atom. The first-order valence-corrected chi connectivity index (χ1v) is 6.63. The first kappa shape index (κ1) is 11.1. The van der Waals surface area contributed by atoms with Gasteiger partial charge in [0.15, 0.2) is 0 Å². The molecule has 2 N–H and O–H groups in total. The molecule has 0 bridgehead atoms. The molecule has 1 aromatic rings. The van der Waals surface area contributed by atoms with Gasteiger partial charge in [0.05, 0.1) is 6.10 Å². The predicted molar refractivity (Wildman–Crippen MR) is 64.1 cm³/mol. The van der Waals surface area contributed by atoms with Crippen LogP contribution in [0.2, 0.25) is 0 Å². The van der Waals surface area contributed by atoms with Crippen molar-refractivity contribution in [2.45, 2.75) is 38.3 Å². The van der Waals surface area contributed by atoms with Crippen molar-refractivity contribution in [2.75, 3.05) is 6.54 Å². The smallest absolute Gasteiger partial charge is 0.0922 e. The van der Waals surface area contributed by atoms with E-state index in [1.165, 1.54) is 19.3 Å². The van der Waals surface area contributed by atoms with Crippen LogP contribution >= 0.6 is 11.3 Å². The van der Waals surface area contributed by atoms with Crippen LogP contribution in [0.5, 0.6) is 0 Å². The summed E-state index contributed by atoms with van der Waals surface area (Å²) in [6.07, 6.45) is 3.71. The molecule has 1 heterocycles. The van der Waals surface area contributed by atoms with Crippen molar-refractivity contribution in [3.8, 4) is 0 Å². The average Bonchev–Trinajstić information content (AvgIpc) is 2.86. The minimum absolute atomic E-state index is 0.349. The number of nitrogens with one attached hydrogen (secondary N) is 1. The molecule has 2 unspecified atom stereocenters. The predicted octanol–water partition coefficient (Wildman–Crippen LogP) is 2.56. The van der Waals surface area contributed by atoms with Crippen LogP contribution in [0.15, 0.2) is 16.8 Å². The van der Waals surface area contributed by atoms with Crippen LogP contribution in [0.25, 0.3) is 0 Å². The molecule has 2 rings (SSSR count). The minimum atomic E-state index is -0.349. The van der Waals surface area contributed by atoms with E-state index < -0.39 is 0 Å². The second kappa shape index (κ2) is 5.10. The maximum absolute atomic E-state index is 9.85. The molecule has 0 spiro atoms. The van der Waals surface area contributed by atoms with Crippen LogP contribution in [0.3, 0.4) is 0 Å². The molecule has 1 aliphatic rings. The Bertz CT molecular complexity index is 282. The van der Waals surface area contributed by atoms with Gasteiger partial charge in [0.1, 0.15) is 0 Å². The second-order valence-electron chi connectivity index (χ2n) is 4.56. The van der Waals surface area contributed by atoms with Gasteiger partial charge in [-0.1, -0.05) is 12.8 Å². The molecular weight excluding hydrogens is 206 g/mol. The molecule has 0 saturated heterocycles. The molecule has 2 nitrogen and oxygen atoms in total. The molecule has 3 heteroatoms. The van der Waals surface area contributed by atoms with Crippen LogP contribution in [-0.4, -0.2) is 17.7 Å². The molecule has 0 radical (unpaired) electrons. The van der Waals surface area contributed by atoms with Crippen LogP contribution in [0.1, 0.15) is 37.9 Å². The van der Waals surface area contributed by atoms with Gasteiger partial charge in [-0.15, -0.1) is 0 Å². The molecule has 1 fully saturated rings. The third kappa shape index (κ3) is 3.59. The molecule has 84 valence electrons. The number of aliphatic hydroxyl groups excluding tert-OH is 1. The van der Waals surface area contributed by atoms with Crippen LogP contribution in [0.4, 0.5) is 0 Å². The summed E-state index contributed by atoms with van der Waals surface area (Å²) in [5.41, 5.74) is 1.03. The number of rotatable bonds is 6. The van der Waals surface area contributed by atoms with E-state index in [1.807, 2.05) is 16.8 Å². The zero-order valence-electron chi connectivity index (χ0n) is 9.15. The standard InChI is InChI=1S/C12H19NOS/c1-9(6-10-2-3-10)13-7-12(14)11-4-5-15-8-11/h4-5,8-10,12-14H,2-3,6-7H2,1H3. The molecule has 1 aromatic heterocycles. The largest absolute Gasteiger partial charge is 0.387 e. The van der Waals surface area contributed by atoms with Crippen molar-refractivity contribution in [1.82, 2.24) is 5.32 Å². The highest BCUT2D eigenvalue weighted by atomic mass is 32.1. The summed E-state index contributed by atoms with van der Waals surface area (Å²) in [6, 6.07) is 2.52. The third-order valence-corrected chi connectivity index (χ3v) is 3.67. The quantitative estimate of drug-likeness (QED) is 0.780. The van der Waals surface area contributed by atoms with E-state index >= 15 is 0 Å². The van der Waals surface area contributed by atoms with Crippen LogP contribution in [-0.2, 0) is 0 Å². The van der Waals surface area contributed by atoms with E-state index in [4.69, 9.17) is 0 Å². The maximum Gasteiger partial charge on any atom is 0.0922 e. The Labute approximate surface area is 95.3 Å². The van der Waals surface area contributed by atoms with Crippen molar-refractivity contribution in [3.05, 3.63) is 22.4 Å². The van der Waals surface area contributed by atoms with E-state index in [9.17, 15) is 5.11 Å². The first-order chi connectivity index (χ1) is 7.25. The lowest BCUT2D eigenvalue weighted by molar-refractivity contribution is 0.170. The topological polar surface area (TPSA) is 32.3 Å². The second-order valence-corrected chi connectivity index (χ2v) is 5.34. The molecule has 1 saturated carbocycles. The molecule has 2 atom stereocenters. The van der Waals surface area contributed by atoms with Crippen molar-refractivity contribution in [2.24, 2.45) is 5.92 Å². The molecule has 0 amide bonds. The number of hydrogen-bond donors (Lipinski definition) is 2. The van der Waals surface area contributed by atoms with Gasteiger partial charge in [0.25, 0.3) is 0 Å². The third-order valence-electron chi connectivity index (χ3n) is 2.97. The highest BCUT2D eigenvalue weighted by Crippen LogP contribution is 2.33. The van der Waals surface area contributed by atoms with Gasteiger partial charge >= 0.3 is 0 Å². The zero-order chi connectivity index (χ0) is 10.7. The number of thiophene rings is 1. The van der Waals surface area contributed by atoms with E-state index in [0.29, 0.717) is 12.6 Å². The number of aliphatic hydroxyl groups is 1. The summed E-state index contributed by atoms with van der Waals surface area (Å²) in [4.78, 5) is 0. The fourth-order valence-electron chi connectivity index (χ4n) is 1.83. The summed E-state index contributed by atoms with van der Waals surface area (Å²) >= 11 is 1.64. The molecule has 0 aromatic carbocycles. The highest BCUT2D eigenvalue weighted by molar-refractivity contribution is 7.07. The fraction of sp³-hybridized carbons (Fsp3) is 0.667. The average molecular weight is 225 g/mol. The van der Waals surface area contributed by atoms with E-state index in [2.05, 4.69) is 12.2 Å². The highest BCUT2D eigenvalue weighted by Gasteiger charge is 2.23. The minimum Gasteiger partial charge on any atom is -0.387 e. The Hall–Kier alpha value is -0.380. The van der Waals surface area contributed by atoms with Gasteiger partial charge in [-0.2, -0.15) is 11.3 Å². The van der Waals surface area contributed by atoms with Crippen LogP contribution in [0, 0.1) is 5.92 Å².